The van der Waals surface area contributed by atoms with Gasteiger partial charge >= 0.3 is 6.09 Å². The summed E-state index contributed by atoms with van der Waals surface area (Å²) in [5.41, 5.74) is 2.60. The van der Waals surface area contributed by atoms with Gasteiger partial charge in [-0.05, 0) is 63.8 Å². The van der Waals surface area contributed by atoms with Gasteiger partial charge in [-0.15, -0.1) is 11.3 Å². The minimum Gasteiger partial charge on any atom is -0.444 e. The Bertz CT molecular complexity index is 1080. The van der Waals surface area contributed by atoms with Crippen LogP contribution in [-0.4, -0.2) is 40.0 Å². The second-order valence-corrected chi connectivity index (χ2v) is 10.1. The fourth-order valence-electron chi connectivity index (χ4n) is 3.49. The number of alkyl carbamates (subject to hydrolysis) is 1. The van der Waals surface area contributed by atoms with E-state index in [1.807, 2.05) is 77.2 Å². The van der Waals surface area contributed by atoms with Crippen molar-refractivity contribution in [1.29, 1.82) is 0 Å². The molecule has 0 aliphatic heterocycles. The smallest absolute Gasteiger partial charge is 0.407 e. The molecule has 0 aliphatic rings. The zero-order valence-corrected chi connectivity index (χ0v) is 20.7. The number of hydrogen-bond acceptors (Lipinski definition) is 5. The van der Waals surface area contributed by atoms with E-state index in [2.05, 4.69) is 15.7 Å². The van der Waals surface area contributed by atoms with Crippen LogP contribution in [-0.2, 0) is 18.2 Å². The molecule has 3 rings (SSSR count). The zero-order valence-electron chi connectivity index (χ0n) is 19.8. The molecule has 33 heavy (non-hydrogen) atoms. The van der Waals surface area contributed by atoms with Crippen LogP contribution < -0.4 is 10.6 Å². The fraction of sp³-hybridized carbons (Fsp3) is 0.400. The molecule has 0 radical (unpaired) electrons. The van der Waals surface area contributed by atoms with Gasteiger partial charge in [0.1, 0.15) is 5.60 Å². The molecule has 0 spiro atoms. The van der Waals surface area contributed by atoms with Gasteiger partial charge in [-0.25, -0.2) is 4.79 Å². The molecule has 1 unspecified atom stereocenters. The van der Waals surface area contributed by atoms with E-state index in [0.717, 1.165) is 21.7 Å². The van der Waals surface area contributed by atoms with E-state index in [4.69, 9.17) is 4.74 Å². The Morgan fingerprint density at radius 3 is 2.55 bits per heavy atom. The first kappa shape index (κ1) is 24.5. The second kappa shape index (κ2) is 10.7. The number of nitrogens with one attached hydrogen (secondary N) is 2. The standard InChI is InChI=1S/C25H32N4O3S/c1-17-15-21(33-22(17)20-12-14-27-29(20)5)23(30)28-19(16-18-9-7-6-8-10-18)11-13-26-24(31)32-25(2,3)4/h6-10,12,14-15,19H,11,13,16H2,1-5H3,(H,26,31)(H,28,30). The van der Waals surface area contributed by atoms with Crippen molar-refractivity contribution < 1.29 is 14.3 Å². The van der Waals surface area contributed by atoms with Crippen LogP contribution in [0.1, 0.15) is 48.0 Å². The predicted molar refractivity (Wildman–Crippen MR) is 132 cm³/mol. The summed E-state index contributed by atoms with van der Waals surface area (Å²) in [6.45, 7) is 7.88. The number of nitrogens with zero attached hydrogens (tertiary/aromatic N) is 2. The van der Waals surface area contributed by atoms with Crippen molar-refractivity contribution in [3.8, 4) is 10.6 Å². The summed E-state index contributed by atoms with van der Waals surface area (Å²) >= 11 is 1.46. The minimum absolute atomic E-state index is 0.116. The van der Waals surface area contributed by atoms with Gasteiger partial charge in [0, 0.05) is 25.8 Å². The van der Waals surface area contributed by atoms with Crippen molar-refractivity contribution in [2.75, 3.05) is 6.54 Å². The first-order chi connectivity index (χ1) is 15.6. The first-order valence-electron chi connectivity index (χ1n) is 11.0. The Balaban J connectivity index is 1.68. The van der Waals surface area contributed by atoms with Gasteiger partial charge in [-0.3, -0.25) is 9.48 Å². The molecule has 1 atom stereocenters. The molecule has 0 saturated carbocycles. The lowest BCUT2D eigenvalue weighted by atomic mass is 10.0. The summed E-state index contributed by atoms with van der Waals surface area (Å²) in [7, 11) is 1.89. The molecule has 3 aromatic rings. The summed E-state index contributed by atoms with van der Waals surface area (Å²) < 4.78 is 7.11. The summed E-state index contributed by atoms with van der Waals surface area (Å²) in [5, 5.41) is 10.2. The van der Waals surface area contributed by atoms with Crippen LogP contribution in [0.15, 0.2) is 48.7 Å². The van der Waals surface area contributed by atoms with Crippen molar-refractivity contribution in [2.24, 2.45) is 7.05 Å². The quantitative estimate of drug-likeness (QED) is 0.501. The number of ether oxygens (including phenoxy) is 1. The van der Waals surface area contributed by atoms with Crippen molar-refractivity contribution in [3.63, 3.8) is 0 Å². The van der Waals surface area contributed by atoms with Gasteiger partial charge in [-0.1, -0.05) is 30.3 Å². The molecule has 2 heterocycles. The van der Waals surface area contributed by atoms with Gasteiger partial charge in [0.15, 0.2) is 0 Å². The van der Waals surface area contributed by atoms with Gasteiger partial charge in [0.05, 0.1) is 15.4 Å². The fourth-order valence-corrected chi connectivity index (χ4v) is 4.62. The summed E-state index contributed by atoms with van der Waals surface area (Å²) in [6.07, 6.45) is 2.55. The van der Waals surface area contributed by atoms with Crippen LogP contribution in [0, 0.1) is 6.92 Å². The van der Waals surface area contributed by atoms with E-state index in [1.165, 1.54) is 11.3 Å². The van der Waals surface area contributed by atoms with Crippen LogP contribution in [0.3, 0.4) is 0 Å². The largest absolute Gasteiger partial charge is 0.444 e. The lowest BCUT2D eigenvalue weighted by molar-refractivity contribution is 0.0526. The monoisotopic (exact) mass is 468 g/mol. The number of aromatic nitrogens is 2. The Morgan fingerprint density at radius 2 is 1.91 bits per heavy atom. The van der Waals surface area contributed by atoms with Crippen LogP contribution >= 0.6 is 11.3 Å². The van der Waals surface area contributed by atoms with Gasteiger partial charge < -0.3 is 15.4 Å². The Kier molecular flexibility index (Phi) is 7.92. The highest BCUT2D eigenvalue weighted by Gasteiger charge is 2.20. The van der Waals surface area contributed by atoms with Gasteiger partial charge in [-0.2, -0.15) is 5.10 Å². The lowest BCUT2D eigenvalue weighted by Crippen LogP contribution is -2.40. The maximum absolute atomic E-state index is 13.1. The molecule has 0 bridgehead atoms. The Labute approximate surface area is 199 Å². The highest BCUT2D eigenvalue weighted by Crippen LogP contribution is 2.32. The average molecular weight is 469 g/mol. The highest BCUT2D eigenvalue weighted by atomic mass is 32.1. The number of benzene rings is 1. The molecule has 0 fully saturated rings. The van der Waals surface area contributed by atoms with Crippen LogP contribution in [0.25, 0.3) is 10.6 Å². The van der Waals surface area contributed by atoms with Crippen molar-refractivity contribution in [2.45, 2.75) is 52.2 Å². The van der Waals surface area contributed by atoms with E-state index in [0.29, 0.717) is 24.3 Å². The number of carbonyl (C=O) groups excluding carboxylic acids is 2. The zero-order chi connectivity index (χ0) is 24.0. The third-order valence-electron chi connectivity index (χ3n) is 5.02. The first-order valence-corrected chi connectivity index (χ1v) is 11.8. The number of aryl methyl sites for hydroxylation is 2. The van der Waals surface area contributed by atoms with Crippen molar-refractivity contribution in [3.05, 3.63) is 64.7 Å². The van der Waals surface area contributed by atoms with Gasteiger partial charge in [0.2, 0.25) is 0 Å². The third-order valence-corrected chi connectivity index (χ3v) is 6.27. The number of carbonyl (C=O) groups is 2. The summed E-state index contributed by atoms with van der Waals surface area (Å²) in [4.78, 5) is 26.8. The van der Waals surface area contributed by atoms with Crippen LogP contribution in [0.5, 0.6) is 0 Å². The number of hydrogen-bond donors (Lipinski definition) is 2. The van der Waals surface area contributed by atoms with Crippen molar-refractivity contribution in [1.82, 2.24) is 20.4 Å². The molecule has 1 aromatic carbocycles. The molecule has 2 N–H and O–H groups in total. The van der Waals surface area contributed by atoms with E-state index in [9.17, 15) is 9.59 Å². The third kappa shape index (κ3) is 7.18. The van der Waals surface area contributed by atoms with Crippen LogP contribution in [0.4, 0.5) is 4.79 Å². The van der Waals surface area contributed by atoms with E-state index in [-0.39, 0.29) is 11.9 Å². The molecule has 176 valence electrons. The molecular formula is C25H32N4O3S. The SMILES string of the molecule is Cc1cc(C(=O)NC(CCNC(=O)OC(C)(C)C)Cc2ccccc2)sc1-c1ccnn1C. The normalized spacial score (nSPS) is 12.3. The maximum Gasteiger partial charge on any atom is 0.407 e. The lowest BCUT2D eigenvalue weighted by Gasteiger charge is -2.21. The van der Waals surface area contributed by atoms with Crippen LogP contribution in [0.2, 0.25) is 0 Å². The molecule has 7 nitrogen and oxygen atoms in total. The van der Waals surface area contributed by atoms with E-state index in [1.54, 1.807) is 10.9 Å². The van der Waals surface area contributed by atoms with E-state index < -0.39 is 11.7 Å². The number of amides is 2. The molecule has 2 aromatic heterocycles. The number of rotatable bonds is 8. The molecule has 2 amide bonds. The maximum atomic E-state index is 13.1. The highest BCUT2D eigenvalue weighted by molar-refractivity contribution is 7.17. The molecule has 8 heteroatoms. The number of thiophene rings is 1. The topological polar surface area (TPSA) is 85.2 Å². The second-order valence-electron chi connectivity index (χ2n) is 9.04. The molecule has 0 saturated heterocycles. The van der Waals surface area contributed by atoms with Crippen molar-refractivity contribution >= 4 is 23.3 Å². The van der Waals surface area contributed by atoms with E-state index >= 15 is 0 Å². The summed E-state index contributed by atoms with van der Waals surface area (Å²) in [6, 6.07) is 13.7. The molecule has 0 aliphatic carbocycles. The minimum atomic E-state index is -0.551. The Morgan fingerprint density at radius 1 is 1.18 bits per heavy atom. The predicted octanol–water partition coefficient (Wildman–Crippen LogP) is 4.71. The molecular weight excluding hydrogens is 436 g/mol. The average Bonchev–Trinajstić information content (AvgIpc) is 3.32. The summed E-state index contributed by atoms with van der Waals surface area (Å²) in [5.74, 6) is -0.116. The van der Waals surface area contributed by atoms with Gasteiger partial charge in [0.25, 0.3) is 5.91 Å². The Hall–Kier alpha value is -3.13.